The standard InChI is InChI=1S/C13H19Cl.ClH/c14-3-1-2-13-7-10-4-11(8-13)6-12(5-10)9-13;/h1,3,10-12H,2,4-9H2;1H. The maximum atomic E-state index is 5.66. The zero-order valence-corrected chi connectivity index (χ0v) is 10.7. The molecule has 0 atom stereocenters. The van der Waals surface area contributed by atoms with Gasteiger partial charge in [0.05, 0.1) is 0 Å². The smallest absolute Gasteiger partial charge is 0.000266 e. The van der Waals surface area contributed by atoms with Crippen LogP contribution in [0.2, 0.25) is 0 Å². The van der Waals surface area contributed by atoms with Gasteiger partial charge in [-0.15, -0.1) is 12.4 Å². The van der Waals surface area contributed by atoms with Gasteiger partial charge in [0.1, 0.15) is 0 Å². The molecule has 4 aliphatic carbocycles. The summed E-state index contributed by atoms with van der Waals surface area (Å²) in [6.45, 7) is 0. The SMILES string of the molecule is Cl.ClC=CCC12CC3CC(CC(C3)C1)C2. The van der Waals surface area contributed by atoms with E-state index in [1.165, 1.54) is 25.7 Å². The van der Waals surface area contributed by atoms with Gasteiger partial charge < -0.3 is 0 Å². The summed E-state index contributed by atoms with van der Waals surface area (Å²) >= 11 is 5.66. The molecule has 0 amide bonds. The number of hydrogen-bond donors (Lipinski definition) is 0. The van der Waals surface area contributed by atoms with E-state index in [9.17, 15) is 0 Å². The van der Waals surface area contributed by atoms with Gasteiger partial charge in [0.15, 0.2) is 0 Å². The third-order valence-electron chi connectivity index (χ3n) is 4.81. The first-order valence-electron chi connectivity index (χ1n) is 6.05. The Morgan fingerprint density at radius 1 is 1.00 bits per heavy atom. The molecule has 4 saturated carbocycles. The molecule has 0 aromatic heterocycles. The van der Waals surface area contributed by atoms with Crippen LogP contribution in [-0.2, 0) is 0 Å². The maximum Gasteiger partial charge on any atom is 0.000266 e. The van der Waals surface area contributed by atoms with E-state index in [1.54, 1.807) is 24.8 Å². The molecule has 0 N–H and O–H groups in total. The van der Waals surface area contributed by atoms with Gasteiger partial charge in [0, 0.05) is 5.54 Å². The Hall–Kier alpha value is 0.320. The van der Waals surface area contributed by atoms with Crippen LogP contribution in [0.5, 0.6) is 0 Å². The Bertz CT molecular complexity index is 222. The van der Waals surface area contributed by atoms with E-state index in [0.717, 1.165) is 17.8 Å². The van der Waals surface area contributed by atoms with Crippen molar-refractivity contribution >= 4 is 24.0 Å². The summed E-state index contributed by atoms with van der Waals surface area (Å²) in [4.78, 5) is 0. The van der Waals surface area contributed by atoms with Crippen LogP contribution < -0.4 is 0 Å². The van der Waals surface area contributed by atoms with E-state index >= 15 is 0 Å². The van der Waals surface area contributed by atoms with Crippen molar-refractivity contribution in [1.82, 2.24) is 0 Å². The topological polar surface area (TPSA) is 0 Å². The van der Waals surface area contributed by atoms with Crippen molar-refractivity contribution in [2.24, 2.45) is 23.2 Å². The molecule has 0 spiro atoms. The Labute approximate surface area is 104 Å². The van der Waals surface area contributed by atoms with Crippen molar-refractivity contribution in [2.75, 3.05) is 0 Å². The lowest BCUT2D eigenvalue weighted by Gasteiger charge is -2.56. The third kappa shape index (κ3) is 2.08. The molecule has 4 fully saturated rings. The van der Waals surface area contributed by atoms with Gasteiger partial charge in [0.2, 0.25) is 0 Å². The van der Waals surface area contributed by atoms with Crippen LogP contribution in [0.3, 0.4) is 0 Å². The van der Waals surface area contributed by atoms with Crippen molar-refractivity contribution in [3.05, 3.63) is 11.6 Å². The minimum absolute atomic E-state index is 0. The minimum Gasteiger partial charge on any atom is -0.147 e. The van der Waals surface area contributed by atoms with Crippen LogP contribution >= 0.6 is 24.0 Å². The van der Waals surface area contributed by atoms with Gasteiger partial charge in [0.25, 0.3) is 0 Å². The Kier molecular flexibility index (Phi) is 3.38. The molecule has 0 aliphatic heterocycles. The molecule has 0 saturated heterocycles. The third-order valence-corrected chi connectivity index (χ3v) is 4.98. The second-order valence-electron chi connectivity index (χ2n) is 5.98. The van der Waals surface area contributed by atoms with Crippen molar-refractivity contribution in [3.8, 4) is 0 Å². The molecule has 4 aliphatic rings. The summed E-state index contributed by atoms with van der Waals surface area (Å²) in [5, 5.41) is 0. The van der Waals surface area contributed by atoms with Crippen molar-refractivity contribution < 1.29 is 0 Å². The zero-order valence-electron chi connectivity index (χ0n) is 9.12. The molecule has 0 unspecified atom stereocenters. The van der Waals surface area contributed by atoms with Crippen molar-refractivity contribution in [1.29, 1.82) is 0 Å². The molecule has 86 valence electrons. The van der Waals surface area contributed by atoms with Gasteiger partial charge in [-0.2, -0.15) is 0 Å². The average Bonchev–Trinajstić information content (AvgIpc) is 2.12. The summed E-state index contributed by atoms with van der Waals surface area (Å²) in [7, 11) is 0. The lowest BCUT2D eigenvalue weighted by atomic mass is 9.49. The summed E-state index contributed by atoms with van der Waals surface area (Å²) in [6.07, 6.45) is 12.6. The molecule has 0 aromatic carbocycles. The highest BCUT2D eigenvalue weighted by atomic mass is 35.5. The molecule has 0 aromatic rings. The number of halogens is 2. The van der Waals surface area contributed by atoms with E-state index in [0.29, 0.717) is 5.41 Å². The van der Waals surface area contributed by atoms with Gasteiger partial charge in [-0.25, -0.2) is 0 Å². The van der Waals surface area contributed by atoms with Crippen LogP contribution in [0.1, 0.15) is 44.9 Å². The van der Waals surface area contributed by atoms with Crippen LogP contribution in [-0.4, -0.2) is 0 Å². The summed E-state index contributed by atoms with van der Waals surface area (Å²) in [5.41, 5.74) is 2.40. The van der Waals surface area contributed by atoms with E-state index in [-0.39, 0.29) is 12.4 Å². The molecule has 0 nitrogen and oxygen atoms in total. The largest absolute Gasteiger partial charge is 0.147 e. The molecule has 0 radical (unpaired) electrons. The van der Waals surface area contributed by atoms with Crippen molar-refractivity contribution in [2.45, 2.75) is 44.9 Å². The molecule has 2 heteroatoms. The maximum absolute atomic E-state index is 5.66. The first-order chi connectivity index (χ1) is 6.80. The van der Waals surface area contributed by atoms with E-state index in [4.69, 9.17) is 11.6 Å². The summed E-state index contributed by atoms with van der Waals surface area (Å²) in [5.74, 6) is 3.22. The predicted molar refractivity (Wildman–Crippen MR) is 67.5 cm³/mol. The fourth-order valence-electron chi connectivity index (χ4n) is 4.83. The van der Waals surface area contributed by atoms with Crippen LogP contribution in [0.15, 0.2) is 11.6 Å². The second-order valence-corrected chi connectivity index (χ2v) is 6.24. The first kappa shape index (κ1) is 11.8. The Morgan fingerprint density at radius 2 is 1.47 bits per heavy atom. The highest BCUT2D eigenvalue weighted by Gasteiger charge is 2.49. The lowest BCUT2D eigenvalue weighted by Crippen LogP contribution is -2.45. The van der Waals surface area contributed by atoms with E-state index in [1.807, 2.05) is 0 Å². The van der Waals surface area contributed by atoms with Crippen LogP contribution in [0, 0.1) is 23.2 Å². The lowest BCUT2D eigenvalue weighted by molar-refractivity contribution is -0.0506. The Morgan fingerprint density at radius 3 is 1.87 bits per heavy atom. The second kappa shape index (κ2) is 4.30. The number of allylic oxidation sites excluding steroid dienone is 1. The number of rotatable bonds is 2. The van der Waals surface area contributed by atoms with Gasteiger partial charge in [-0.1, -0.05) is 17.7 Å². The van der Waals surface area contributed by atoms with Crippen molar-refractivity contribution in [3.63, 3.8) is 0 Å². The normalized spacial score (nSPS) is 47.1. The van der Waals surface area contributed by atoms with Gasteiger partial charge in [-0.05, 0) is 68.1 Å². The summed E-state index contributed by atoms with van der Waals surface area (Å²) < 4.78 is 0. The predicted octanol–water partition coefficient (Wildman–Crippen LogP) is 4.77. The molecule has 4 bridgehead atoms. The minimum atomic E-state index is 0. The fourth-order valence-corrected chi connectivity index (χ4v) is 4.92. The Balaban J connectivity index is 0.000000853. The van der Waals surface area contributed by atoms with E-state index in [2.05, 4.69) is 6.08 Å². The molecular weight excluding hydrogens is 227 g/mol. The molecule has 4 rings (SSSR count). The summed E-state index contributed by atoms with van der Waals surface area (Å²) in [6, 6.07) is 0. The molecule has 15 heavy (non-hydrogen) atoms. The van der Waals surface area contributed by atoms with Gasteiger partial charge in [-0.3, -0.25) is 0 Å². The molecule has 0 heterocycles. The van der Waals surface area contributed by atoms with Crippen LogP contribution in [0.25, 0.3) is 0 Å². The highest BCUT2D eigenvalue weighted by Crippen LogP contribution is 2.61. The monoisotopic (exact) mass is 246 g/mol. The van der Waals surface area contributed by atoms with E-state index < -0.39 is 0 Å². The van der Waals surface area contributed by atoms with Gasteiger partial charge >= 0.3 is 0 Å². The first-order valence-corrected chi connectivity index (χ1v) is 6.48. The van der Waals surface area contributed by atoms with Crippen LogP contribution in [0.4, 0.5) is 0 Å². The zero-order chi connectivity index (χ0) is 9.60. The fraction of sp³-hybridized carbons (Fsp3) is 0.846. The highest BCUT2D eigenvalue weighted by molar-refractivity contribution is 6.25. The average molecular weight is 247 g/mol. The quantitative estimate of drug-likeness (QED) is 0.659. The molecular formula is C13H20Cl2. The number of hydrogen-bond acceptors (Lipinski definition) is 0.